The van der Waals surface area contributed by atoms with E-state index in [9.17, 15) is 9.59 Å². The lowest BCUT2D eigenvalue weighted by Crippen LogP contribution is -2.31. The fraction of sp³-hybridized carbons (Fsp3) is 0.467. The van der Waals surface area contributed by atoms with Crippen LogP contribution in [0.25, 0.3) is 0 Å². The second kappa shape index (κ2) is 5.23. The zero-order valence-corrected chi connectivity index (χ0v) is 13.7. The summed E-state index contributed by atoms with van der Waals surface area (Å²) in [6.07, 6.45) is 1.85. The van der Waals surface area contributed by atoms with Crippen molar-refractivity contribution in [2.24, 2.45) is 5.41 Å². The van der Waals surface area contributed by atoms with Gasteiger partial charge in [0.2, 0.25) is 0 Å². The van der Waals surface area contributed by atoms with Crippen LogP contribution in [0.5, 0.6) is 0 Å². The number of carbonyl (C=O) groups is 2. The van der Waals surface area contributed by atoms with E-state index in [1.54, 1.807) is 12.1 Å². The van der Waals surface area contributed by atoms with Crippen LogP contribution in [0.1, 0.15) is 54.3 Å². The Morgan fingerprint density at radius 1 is 1.11 bits per heavy atom. The van der Waals surface area contributed by atoms with Crippen molar-refractivity contribution in [2.75, 3.05) is 6.54 Å². The van der Waals surface area contributed by atoms with Gasteiger partial charge in [0.1, 0.15) is 0 Å². The molecule has 0 unspecified atom stereocenters. The van der Waals surface area contributed by atoms with E-state index in [0.717, 1.165) is 16.4 Å². The predicted octanol–water partition coefficient (Wildman–Crippen LogP) is 3.71. The maximum absolute atomic E-state index is 12.2. The molecule has 1 aliphatic rings. The maximum atomic E-state index is 12.2. The monoisotopic (exact) mass is 371 g/mol. The molecule has 1 aromatic rings. The first kappa shape index (κ1) is 14.5. The minimum atomic E-state index is -0.148. The third-order valence-electron chi connectivity index (χ3n) is 3.24. The number of amides is 2. The zero-order chi connectivity index (χ0) is 14.2. The Bertz CT molecular complexity index is 531. The zero-order valence-electron chi connectivity index (χ0n) is 11.5. The Morgan fingerprint density at radius 2 is 1.74 bits per heavy atom. The van der Waals surface area contributed by atoms with Crippen molar-refractivity contribution in [3.63, 3.8) is 0 Å². The number of nitrogens with zero attached hydrogens (tertiary/aromatic N) is 1. The van der Waals surface area contributed by atoms with Crippen LogP contribution in [0, 0.1) is 8.99 Å². The number of halogens is 1. The minimum absolute atomic E-state index is 0.146. The van der Waals surface area contributed by atoms with E-state index in [2.05, 4.69) is 43.4 Å². The van der Waals surface area contributed by atoms with Crippen molar-refractivity contribution in [3.05, 3.63) is 32.9 Å². The normalized spacial score (nSPS) is 15.1. The van der Waals surface area contributed by atoms with E-state index in [1.165, 1.54) is 4.90 Å². The van der Waals surface area contributed by atoms with Gasteiger partial charge in [0.25, 0.3) is 11.8 Å². The van der Waals surface area contributed by atoms with Gasteiger partial charge in [-0.25, -0.2) is 0 Å². The first-order chi connectivity index (χ1) is 8.79. The first-order valence-electron chi connectivity index (χ1n) is 6.45. The summed E-state index contributed by atoms with van der Waals surface area (Å²) in [4.78, 5) is 25.8. The number of hydrogen-bond acceptors (Lipinski definition) is 2. The van der Waals surface area contributed by atoms with E-state index < -0.39 is 0 Å². The average molecular weight is 371 g/mol. The average Bonchev–Trinajstić information content (AvgIpc) is 2.52. The molecular formula is C15H18INO2. The molecule has 2 amide bonds. The fourth-order valence-electron chi connectivity index (χ4n) is 2.23. The molecule has 0 bridgehead atoms. The van der Waals surface area contributed by atoms with Crippen LogP contribution in [0.2, 0.25) is 0 Å². The summed E-state index contributed by atoms with van der Waals surface area (Å²) in [7, 11) is 0. The third kappa shape index (κ3) is 3.16. The molecule has 0 aliphatic carbocycles. The van der Waals surface area contributed by atoms with Crippen LogP contribution in [-0.2, 0) is 0 Å². The standard InChI is InChI=1S/C15H18INO2/c1-15(2,3)7-4-8-17-13(18)11-6-5-10(16)9-12(11)14(17)19/h5-6,9H,4,7-8H2,1-3H3. The van der Waals surface area contributed by atoms with E-state index >= 15 is 0 Å². The van der Waals surface area contributed by atoms with Gasteiger partial charge in [-0.1, -0.05) is 20.8 Å². The van der Waals surface area contributed by atoms with E-state index in [1.807, 2.05) is 6.07 Å². The molecule has 102 valence electrons. The summed E-state index contributed by atoms with van der Waals surface area (Å²) >= 11 is 2.15. The van der Waals surface area contributed by atoms with Gasteiger partial charge in [0.15, 0.2) is 0 Å². The van der Waals surface area contributed by atoms with Crippen LogP contribution in [0.15, 0.2) is 18.2 Å². The second-order valence-corrected chi connectivity index (χ2v) is 7.36. The maximum Gasteiger partial charge on any atom is 0.261 e. The SMILES string of the molecule is CC(C)(C)CCCN1C(=O)c2ccc(I)cc2C1=O. The van der Waals surface area contributed by atoms with Gasteiger partial charge in [-0.3, -0.25) is 14.5 Å². The molecule has 0 atom stereocenters. The lowest BCUT2D eigenvalue weighted by molar-refractivity contribution is 0.0647. The molecule has 19 heavy (non-hydrogen) atoms. The number of rotatable bonds is 3. The molecule has 0 aromatic heterocycles. The highest BCUT2D eigenvalue weighted by Gasteiger charge is 2.35. The molecule has 3 nitrogen and oxygen atoms in total. The molecular weight excluding hydrogens is 353 g/mol. The van der Waals surface area contributed by atoms with Gasteiger partial charge < -0.3 is 0 Å². The molecule has 1 heterocycles. The Labute approximate surface area is 127 Å². The molecule has 1 aromatic carbocycles. The van der Waals surface area contributed by atoms with Crippen LogP contribution < -0.4 is 0 Å². The Morgan fingerprint density at radius 3 is 2.37 bits per heavy atom. The Kier molecular flexibility index (Phi) is 3.99. The summed E-state index contributed by atoms with van der Waals surface area (Å²) in [6, 6.07) is 5.41. The number of carbonyl (C=O) groups excluding carboxylic acids is 2. The topological polar surface area (TPSA) is 37.4 Å². The van der Waals surface area contributed by atoms with E-state index in [4.69, 9.17) is 0 Å². The summed E-state index contributed by atoms with van der Waals surface area (Å²) in [5.74, 6) is -0.294. The van der Waals surface area contributed by atoms with Crippen molar-refractivity contribution < 1.29 is 9.59 Å². The molecule has 0 N–H and O–H groups in total. The van der Waals surface area contributed by atoms with Crippen molar-refractivity contribution in [3.8, 4) is 0 Å². The minimum Gasteiger partial charge on any atom is -0.274 e. The van der Waals surface area contributed by atoms with E-state index in [0.29, 0.717) is 17.7 Å². The van der Waals surface area contributed by atoms with Crippen LogP contribution in [0.3, 0.4) is 0 Å². The van der Waals surface area contributed by atoms with Gasteiger partial charge in [-0.15, -0.1) is 0 Å². The fourth-order valence-corrected chi connectivity index (χ4v) is 2.72. The largest absolute Gasteiger partial charge is 0.274 e. The lowest BCUT2D eigenvalue weighted by atomic mass is 9.90. The van der Waals surface area contributed by atoms with E-state index in [-0.39, 0.29) is 17.2 Å². The van der Waals surface area contributed by atoms with Crippen molar-refractivity contribution in [1.82, 2.24) is 4.90 Å². The Balaban J connectivity index is 2.10. The summed E-state index contributed by atoms with van der Waals surface area (Å²) in [6.45, 7) is 7.01. The van der Waals surface area contributed by atoms with Crippen molar-refractivity contribution in [1.29, 1.82) is 0 Å². The van der Waals surface area contributed by atoms with Crippen LogP contribution in [-0.4, -0.2) is 23.3 Å². The van der Waals surface area contributed by atoms with Gasteiger partial charge >= 0.3 is 0 Å². The summed E-state index contributed by atoms with van der Waals surface area (Å²) < 4.78 is 0.981. The number of fused-ring (bicyclic) bond motifs is 1. The number of imide groups is 1. The van der Waals surface area contributed by atoms with Gasteiger partial charge in [0.05, 0.1) is 11.1 Å². The second-order valence-electron chi connectivity index (χ2n) is 6.12. The molecule has 0 saturated carbocycles. The quantitative estimate of drug-likeness (QED) is 0.600. The molecule has 0 saturated heterocycles. The number of hydrogen-bond donors (Lipinski definition) is 0. The highest BCUT2D eigenvalue weighted by molar-refractivity contribution is 14.1. The molecule has 0 fully saturated rings. The smallest absolute Gasteiger partial charge is 0.261 e. The van der Waals surface area contributed by atoms with Gasteiger partial charge in [-0.2, -0.15) is 0 Å². The van der Waals surface area contributed by atoms with Crippen LogP contribution >= 0.6 is 22.6 Å². The summed E-state index contributed by atoms with van der Waals surface area (Å²) in [5, 5.41) is 0. The highest BCUT2D eigenvalue weighted by atomic mass is 127. The third-order valence-corrected chi connectivity index (χ3v) is 3.91. The highest BCUT2D eigenvalue weighted by Crippen LogP contribution is 2.26. The lowest BCUT2D eigenvalue weighted by Gasteiger charge is -2.20. The number of benzene rings is 1. The summed E-state index contributed by atoms with van der Waals surface area (Å²) in [5.41, 5.74) is 1.32. The van der Waals surface area contributed by atoms with Crippen molar-refractivity contribution >= 4 is 34.4 Å². The molecule has 0 spiro atoms. The van der Waals surface area contributed by atoms with Crippen LogP contribution in [0.4, 0.5) is 0 Å². The predicted molar refractivity (Wildman–Crippen MR) is 83.2 cm³/mol. The molecule has 4 heteroatoms. The molecule has 2 rings (SSSR count). The van der Waals surface area contributed by atoms with Crippen molar-refractivity contribution in [2.45, 2.75) is 33.6 Å². The van der Waals surface area contributed by atoms with Gasteiger partial charge in [-0.05, 0) is 59.0 Å². The van der Waals surface area contributed by atoms with Gasteiger partial charge in [0, 0.05) is 10.1 Å². The molecule has 1 aliphatic heterocycles. The Hall–Kier alpha value is -0.910. The first-order valence-corrected chi connectivity index (χ1v) is 7.53. The molecule has 0 radical (unpaired) electrons.